The molecule has 1 heterocycles. The number of aliphatic hydroxyl groups is 1. The van der Waals surface area contributed by atoms with Crippen LogP contribution >= 0.6 is 0 Å². The SMILES string of the molecule is C=C(O)c1ccc(C)cn1. The maximum absolute atomic E-state index is 8.86. The molecule has 0 saturated carbocycles. The van der Waals surface area contributed by atoms with Crippen LogP contribution in [0.1, 0.15) is 11.3 Å². The first-order chi connectivity index (χ1) is 4.70. The molecule has 0 spiro atoms. The highest BCUT2D eigenvalue weighted by Crippen LogP contribution is 2.04. The van der Waals surface area contributed by atoms with Gasteiger partial charge < -0.3 is 5.11 Å². The normalized spacial score (nSPS) is 9.30. The Hall–Kier alpha value is -1.31. The van der Waals surface area contributed by atoms with Crippen molar-refractivity contribution in [3.63, 3.8) is 0 Å². The number of aliphatic hydroxyl groups excluding tert-OH is 1. The maximum Gasteiger partial charge on any atom is 0.134 e. The molecule has 0 amide bonds. The molecule has 0 aliphatic rings. The second-order valence-electron chi connectivity index (χ2n) is 2.17. The number of hydrogen-bond acceptors (Lipinski definition) is 2. The predicted molar refractivity (Wildman–Crippen MR) is 40.6 cm³/mol. The molecule has 2 nitrogen and oxygen atoms in total. The van der Waals surface area contributed by atoms with Gasteiger partial charge in [0.25, 0.3) is 0 Å². The average molecular weight is 135 g/mol. The molecule has 0 atom stereocenters. The van der Waals surface area contributed by atoms with Crippen LogP contribution in [0.5, 0.6) is 0 Å². The number of aryl methyl sites for hydroxylation is 1. The fourth-order valence-corrected chi connectivity index (χ4v) is 0.639. The van der Waals surface area contributed by atoms with Crippen LogP contribution in [0.3, 0.4) is 0 Å². The van der Waals surface area contributed by atoms with Gasteiger partial charge in [0.05, 0.1) is 0 Å². The summed E-state index contributed by atoms with van der Waals surface area (Å²) in [6, 6.07) is 3.61. The molecule has 0 radical (unpaired) electrons. The molecule has 0 aliphatic carbocycles. The van der Waals surface area contributed by atoms with Gasteiger partial charge in [0, 0.05) is 6.20 Å². The van der Waals surface area contributed by atoms with Crippen LogP contribution in [0.4, 0.5) is 0 Å². The van der Waals surface area contributed by atoms with E-state index in [0.29, 0.717) is 5.69 Å². The molecule has 1 aromatic rings. The minimum Gasteiger partial charge on any atom is -0.506 e. The molecule has 2 heteroatoms. The van der Waals surface area contributed by atoms with Crippen molar-refractivity contribution in [2.24, 2.45) is 0 Å². The van der Waals surface area contributed by atoms with Gasteiger partial charge >= 0.3 is 0 Å². The predicted octanol–water partition coefficient (Wildman–Crippen LogP) is 1.92. The minimum atomic E-state index is 0.0139. The summed E-state index contributed by atoms with van der Waals surface area (Å²) in [6.45, 7) is 5.29. The monoisotopic (exact) mass is 135 g/mol. The molecule has 1 N–H and O–H groups in total. The van der Waals surface area contributed by atoms with Crippen molar-refractivity contribution >= 4 is 5.76 Å². The Bertz CT molecular complexity index is 238. The van der Waals surface area contributed by atoms with E-state index in [4.69, 9.17) is 5.11 Å². The lowest BCUT2D eigenvalue weighted by Crippen LogP contribution is -1.85. The Morgan fingerprint density at radius 2 is 2.30 bits per heavy atom. The highest BCUT2D eigenvalue weighted by molar-refractivity contribution is 5.51. The molecule has 0 aromatic carbocycles. The lowest BCUT2D eigenvalue weighted by molar-refractivity contribution is 0.510. The first kappa shape index (κ1) is 6.81. The molecule has 0 unspecified atom stereocenters. The van der Waals surface area contributed by atoms with Gasteiger partial charge in [-0.1, -0.05) is 12.6 Å². The van der Waals surface area contributed by atoms with Crippen molar-refractivity contribution in [1.29, 1.82) is 0 Å². The molecule has 0 aliphatic heterocycles. The summed E-state index contributed by atoms with van der Waals surface area (Å²) in [5.74, 6) is 0.0139. The Balaban J connectivity index is 3.00. The van der Waals surface area contributed by atoms with Crippen LogP contribution < -0.4 is 0 Å². The summed E-state index contributed by atoms with van der Waals surface area (Å²) in [6.07, 6.45) is 1.69. The second kappa shape index (κ2) is 2.52. The topological polar surface area (TPSA) is 33.1 Å². The number of pyridine rings is 1. The second-order valence-corrected chi connectivity index (χ2v) is 2.17. The van der Waals surface area contributed by atoms with Crippen molar-refractivity contribution in [3.05, 3.63) is 36.2 Å². The highest BCUT2D eigenvalue weighted by atomic mass is 16.3. The van der Waals surface area contributed by atoms with E-state index in [-0.39, 0.29) is 5.76 Å². The summed E-state index contributed by atoms with van der Waals surface area (Å²) in [5, 5.41) is 8.86. The van der Waals surface area contributed by atoms with Crippen LogP contribution in [0.25, 0.3) is 5.76 Å². The van der Waals surface area contributed by atoms with Crippen LogP contribution in [0, 0.1) is 6.92 Å². The van der Waals surface area contributed by atoms with E-state index in [1.807, 2.05) is 13.0 Å². The minimum absolute atomic E-state index is 0.0139. The first-order valence-electron chi connectivity index (χ1n) is 3.01. The summed E-state index contributed by atoms with van der Waals surface area (Å²) in [5.41, 5.74) is 1.61. The van der Waals surface area contributed by atoms with E-state index >= 15 is 0 Å². The Morgan fingerprint density at radius 3 is 2.70 bits per heavy atom. The molecule has 1 aromatic heterocycles. The lowest BCUT2D eigenvalue weighted by Gasteiger charge is -1.95. The number of aromatic nitrogens is 1. The first-order valence-corrected chi connectivity index (χ1v) is 3.01. The van der Waals surface area contributed by atoms with Crippen LogP contribution in [-0.4, -0.2) is 10.1 Å². The van der Waals surface area contributed by atoms with Gasteiger partial charge in [-0.15, -0.1) is 0 Å². The van der Waals surface area contributed by atoms with Gasteiger partial charge in [0.2, 0.25) is 0 Å². The number of hydrogen-bond donors (Lipinski definition) is 1. The van der Waals surface area contributed by atoms with E-state index in [0.717, 1.165) is 5.56 Å². The van der Waals surface area contributed by atoms with Crippen LogP contribution in [-0.2, 0) is 0 Å². The van der Waals surface area contributed by atoms with Crippen LogP contribution in [0.2, 0.25) is 0 Å². The quantitative estimate of drug-likeness (QED) is 0.597. The van der Waals surface area contributed by atoms with E-state index in [9.17, 15) is 0 Å². The molecule has 0 fully saturated rings. The van der Waals surface area contributed by atoms with Gasteiger partial charge in [-0.2, -0.15) is 0 Å². The zero-order chi connectivity index (χ0) is 7.56. The fourth-order valence-electron chi connectivity index (χ4n) is 0.639. The average Bonchev–Trinajstić information content (AvgIpc) is 1.88. The highest BCUT2D eigenvalue weighted by Gasteiger charge is 1.93. The third-order valence-corrected chi connectivity index (χ3v) is 1.21. The van der Waals surface area contributed by atoms with Crippen molar-refractivity contribution in [2.75, 3.05) is 0 Å². The molecule has 1 rings (SSSR count). The summed E-state index contributed by atoms with van der Waals surface area (Å²) < 4.78 is 0. The largest absolute Gasteiger partial charge is 0.506 e. The smallest absolute Gasteiger partial charge is 0.134 e. The molecular weight excluding hydrogens is 126 g/mol. The van der Waals surface area contributed by atoms with Crippen molar-refractivity contribution in [1.82, 2.24) is 4.98 Å². The number of nitrogens with zero attached hydrogens (tertiary/aromatic N) is 1. The molecule has 0 saturated heterocycles. The van der Waals surface area contributed by atoms with E-state index in [1.165, 1.54) is 0 Å². The van der Waals surface area contributed by atoms with E-state index in [2.05, 4.69) is 11.6 Å². The van der Waals surface area contributed by atoms with Gasteiger partial charge in [-0.3, -0.25) is 4.98 Å². The summed E-state index contributed by atoms with van der Waals surface area (Å²) in [7, 11) is 0. The van der Waals surface area contributed by atoms with Crippen LogP contribution in [0.15, 0.2) is 24.9 Å². The third kappa shape index (κ3) is 1.35. The van der Waals surface area contributed by atoms with Gasteiger partial charge in [0.15, 0.2) is 0 Å². The van der Waals surface area contributed by atoms with E-state index < -0.39 is 0 Å². The lowest BCUT2D eigenvalue weighted by atomic mass is 10.2. The molecular formula is C8H9NO. The maximum atomic E-state index is 8.86. The van der Waals surface area contributed by atoms with Gasteiger partial charge in [-0.25, -0.2) is 0 Å². The summed E-state index contributed by atoms with van der Waals surface area (Å²) >= 11 is 0. The number of rotatable bonds is 1. The zero-order valence-corrected chi connectivity index (χ0v) is 5.83. The van der Waals surface area contributed by atoms with Gasteiger partial charge in [0.1, 0.15) is 11.5 Å². The zero-order valence-electron chi connectivity index (χ0n) is 5.83. The van der Waals surface area contributed by atoms with E-state index in [1.54, 1.807) is 12.3 Å². The van der Waals surface area contributed by atoms with Crippen molar-refractivity contribution in [3.8, 4) is 0 Å². The Kier molecular flexibility index (Phi) is 1.71. The standard InChI is InChI=1S/C8H9NO/c1-6-3-4-8(7(2)10)9-5-6/h3-5,10H,2H2,1H3. The molecule has 0 bridgehead atoms. The Labute approximate surface area is 59.9 Å². The summed E-state index contributed by atoms with van der Waals surface area (Å²) in [4.78, 5) is 3.93. The van der Waals surface area contributed by atoms with Crippen molar-refractivity contribution < 1.29 is 5.11 Å². The van der Waals surface area contributed by atoms with Crippen molar-refractivity contribution in [2.45, 2.75) is 6.92 Å². The van der Waals surface area contributed by atoms with Gasteiger partial charge in [-0.05, 0) is 18.6 Å². The third-order valence-electron chi connectivity index (χ3n) is 1.21. The fraction of sp³-hybridized carbons (Fsp3) is 0.125. The molecule has 52 valence electrons. The molecule has 10 heavy (non-hydrogen) atoms. The Morgan fingerprint density at radius 1 is 1.60 bits per heavy atom.